The summed E-state index contributed by atoms with van der Waals surface area (Å²) in [6, 6.07) is 8.89. The predicted molar refractivity (Wildman–Crippen MR) is 137 cm³/mol. The van der Waals surface area contributed by atoms with Crippen molar-refractivity contribution in [2.24, 2.45) is 0 Å². The van der Waals surface area contributed by atoms with Crippen LogP contribution >= 0.6 is 7.75 Å². The van der Waals surface area contributed by atoms with Gasteiger partial charge < -0.3 is 34.5 Å². The summed E-state index contributed by atoms with van der Waals surface area (Å²) in [7, 11) is -4.24. The molecule has 13 nitrogen and oxygen atoms in total. The van der Waals surface area contributed by atoms with E-state index >= 15 is 0 Å². The second-order valence-electron chi connectivity index (χ2n) is 9.16. The molecule has 0 aliphatic carbocycles. The first-order valence-electron chi connectivity index (χ1n) is 12.1. The van der Waals surface area contributed by atoms with E-state index in [1.165, 1.54) is 31.7 Å². The number of anilines is 1. The zero-order valence-electron chi connectivity index (χ0n) is 21.4. The van der Waals surface area contributed by atoms with Crippen LogP contribution in [-0.2, 0) is 23.4 Å². The van der Waals surface area contributed by atoms with E-state index in [2.05, 4.69) is 15.1 Å². The number of benzene rings is 1. The highest BCUT2D eigenvalue weighted by Gasteiger charge is 2.56. The van der Waals surface area contributed by atoms with E-state index < -0.39 is 49.9 Å². The number of fused-ring (bicyclic) bond motifs is 1. The molecule has 2 aromatic heterocycles. The van der Waals surface area contributed by atoms with E-state index in [0.29, 0.717) is 11.0 Å². The van der Waals surface area contributed by atoms with Gasteiger partial charge in [-0.2, -0.15) is 5.09 Å². The van der Waals surface area contributed by atoms with Crippen LogP contribution in [0.15, 0.2) is 48.9 Å². The van der Waals surface area contributed by atoms with Crippen molar-refractivity contribution in [3.63, 3.8) is 0 Å². The quantitative estimate of drug-likeness (QED) is 0.214. The molecule has 0 spiro atoms. The summed E-state index contributed by atoms with van der Waals surface area (Å²) in [6.07, 6.45) is -1.90. The van der Waals surface area contributed by atoms with E-state index in [-0.39, 0.29) is 18.2 Å². The molecular formula is C24H32N5O8P. The molecule has 5 N–H and O–H groups in total. The average Bonchev–Trinajstić information content (AvgIpc) is 3.38. The second-order valence-corrected chi connectivity index (χ2v) is 10.8. The first-order chi connectivity index (χ1) is 18.0. The fourth-order valence-electron chi connectivity index (χ4n) is 4.27. The lowest BCUT2D eigenvalue weighted by atomic mass is 9.94. The van der Waals surface area contributed by atoms with E-state index in [1.54, 1.807) is 49.5 Å². The maximum Gasteiger partial charge on any atom is 0.459 e. The maximum absolute atomic E-state index is 13.9. The minimum absolute atomic E-state index is 0.134. The molecule has 0 radical (unpaired) electrons. The molecule has 1 aromatic carbocycles. The van der Waals surface area contributed by atoms with Crippen LogP contribution in [-0.4, -0.2) is 67.3 Å². The van der Waals surface area contributed by atoms with Gasteiger partial charge in [-0.15, -0.1) is 0 Å². The lowest BCUT2D eigenvalue weighted by Gasteiger charge is -2.29. The Hall–Kier alpha value is -3.06. The van der Waals surface area contributed by atoms with Gasteiger partial charge in [0.1, 0.15) is 47.4 Å². The zero-order valence-corrected chi connectivity index (χ0v) is 22.3. The molecule has 206 valence electrons. The van der Waals surface area contributed by atoms with Gasteiger partial charge in [0.15, 0.2) is 6.23 Å². The Bertz CT molecular complexity index is 1320. The predicted octanol–water partition coefficient (Wildman–Crippen LogP) is 2.16. The fraction of sp³-hybridized carbons (Fsp3) is 0.458. The van der Waals surface area contributed by atoms with Gasteiger partial charge >= 0.3 is 13.7 Å². The van der Waals surface area contributed by atoms with Crippen LogP contribution in [0.1, 0.15) is 33.9 Å². The minimum atomic E-state index is -4.24. The van der Waals surface area contributed by atoms with Crippen molar-refractivity contribution in [2.45, 2.75) is 63.9 Å². The number of nitrogens with one attached hydrogen (secondary N) is 1. The van der Waals surface area contributed by atoms with Crippen LogP contribution < -0.4 is 15.3 Å². The SMILES string of the molecule is CCOC(=O)[C@H](C)NP(=O)(Oc1ccccc1)O[C@H](C)[C@H]1O[C@@H](n2ccc3c(N)ncnc32)[C@](C)(O)[C@@H]1O. The standard InChI is InChI=1S/C24H32N5O8P/c1-5-34-22(31)14(2)28-38(33,37-16-9-7-6-8-10-16)36-15(3)18-19(30)24(4,32)23(35-18)29-12-11-17-20(25)26-13-27-21(17)29/h6-15,18-19,23,30,32H,5H2,1-4H3,(H,28,33)(H2,25,26,27)/t14-,15+,18+,19+,23+,24+,38?/m0/s1. The molecule has 3 aromatic rings. The van der Waals surface area contributed by atoms with Gasteiger partial charge in [0, 0.05) is 6.20 Å². The number of carbonyl (C=O) groups excluding carboxylic acids is 1. The highest BCUT2D eigenvalue weighted by molar-refractivity contribution is 7.52. The number of nitrogen functional groups attached to an aromatic ring is 1. The number of carbonyl (C=O) groups is 1. The first-order valence-corrected chi connectivity index (χ1v) is 13.6. The van der Waals surface area contributed by atoms with Crippen LogP contribution in [0.25, 0.3) is 11.0 Å². The highest BCUT2D eigenvalue weighted by Crippen LogP contribution is 2.49. The third-order valence-corrected chi connectivity index (χ3v) is 7.98. The summed E-state index contributed by atoms with van der Waals surface area (Å²) in [5, 5.41) is 25.4. The van der Waals surface area contributed by atoms with Crippen molar-refractivity contribution < 1.29 is 38.1 Å². The average molecular weight is 550 g/mol. The number of esters is 1. The molecule has 4 rings (SSSR count). The van der Waals surface area contributed by atoms with Gasteiger partial charge in [0.25, 0.3) is 0 Å². The van der Waals surface area contributed by atoms with Crippen LogP contribution in [0.3, 0.4) is 0 Å². The Morgan fingerprint density at radius 1 is 1.29 bits per heavy atom. The Balaban J connectivity index is 1.59. The number of ether oxygens (including phenoxy) is 2. The summed E-state index contributed by atoms with van der Waals surface area (Å²) in [5.74, 6) is -0.178. The lowest BCUT2D eigenvalue weighted by molar-refractivity contribution is -0.144. The summed E-state index contributed by atoms with van der Waals surface area (Å²) < 4.78 is 37.9. The van der Waals surface area contributed by atoms with Crippen LogP contribution in [0.4, 0.5) is 5.82 Å². The topological polar surface area (TPSA) is 180 Å². The van der Waals surface area contributed by atoms with Crippen molar-refractivity contribution >= 4 is 30.6 Å². The van der Waals surface area contributed by atoms with Crippen molar-refractivity contribution in [1.82, 2.24) is 19.6 Å². The molecule has 0 amide bonds. The third kappa shape index (κ3) is 5.53. The Kier molecular flexibility index (Phi) is 8.07. The normalized spacial score (nSPS) is 26.5. The summed E-state index contributed by atoms with van der Waals surface area (Å²) in [4.78, 5) is 20.4. The molecule has 1 aliphatic rings. The van der Waals surface area contributed by atoms with Crippen LogP contribution in [0.2, 0.25) is 0 Å². The number of aliphatic hydroxyl groups excluding tert-OH is 1. The van der Waals surface area contributed by atoms with Gasteiger partial charge in [-0.25, -0.2) is 14.5 Å². The Morgan fingerprint density at radius 3 is 2.68 bits per heavy atom. The van der Waals surface area contributed by atoms with E-state index in [1.807, 2.05) is 0 Å². The number of aliphatic hydroxyl groups is 2. The zero-order chi connectivity index (χ0) is 27.7. The number of aromatic nitrogens is 3. The third-order valence-electron chi connectivity index (χ3n) is 6.22. The molecule has 3 heterocycles. The summed E-state index contributed by atoms with van der Waals surface area (Å²) in [5.41, 5.74) is 4.52. The van der Waals surface area contributed by atoms with Gasteiger partial charge in [-0.05, 0) is 45.9 Å². The molecule has 14 heteroatoms. The van der Waals surface area contributed by atoms with Gasteiger partial charge in [0.2, 0.25) is 0 Å². The molecule has 1 saturated heterocycles. The summed E-state index contributed by atoms with van der Waals surface area (Å²) >= 11 is 0. The fourth-order valence-corrected chi connectivity index (χ4v) is 5.96. The molecule has 7 atom stereocenters. The largest absolute Gasteiger partial charge is 0.465 e. The van der Waals surface area contributed by atoms with Gasteiger partial charge in [-0.1, -0.05) is 18.2 Å². The van der Waals surface area contributed by atoms with Crippen molar-refractivity contribution in [3.05, 3.63) is 48.9 Å². The monoisotopic (exact) mass is 549 g/mol. The van der Waals surface area contributed by atoms with Gasteiger partial charge in [0.05, 0.1) is 18.1 Å². The van der Waals surface area contributed by atoms with E-state index in [4.69, 9.17) is 24.3 Å². The van der Waals surface area contributed by atoms with Gasteiger partial charge in [-0.3, -0.25) is 9.32 Å². The number of para-hydroxylation sites is 1. The Labute approximate surface area is 219 Å². The van der Waals surface area contributed by atoms with Crippen molar-refractivity contribution in [2.75, 3.05) is 12.3 Å². The number of hydrogen-bond acceptors (Lipinski definition) is 11. The minimum Gasteiger partial charge on any atom is -0.465 e. The molecule has 1 fully saturated rings. The van der Waals surface area contributed by atoms with E-state index in [0.717, 1.165) is 0 Å². The lowest BCUT2D eigenvalue weighted by Crippen LogP contribution is -2.46. The first kappa shape index (κ1) is 28.0. The molecule has 0 bridgehead atoms. The maximum atomic E-state index is 13.9. The molecule has 1 unspecified atom stereocenters. The number of rotatable bonds is 10. The van der Waals surface area contributed by atoms with E-state index in [9.17, 15) is 19.6 Å². The number of nitrogens with zero attached hydrogens (tertiary/aromatic N) is 3. The number of hydrogen-bond donors (Lipinski definition) is 4. The highest BCUT2D eigenvalue weighted by atomic mass is 31.2. The smallest absolute Gasteiger partial charge is 0.459 e. The Morgan fingerprint density at radius 2 is 2.00 bits per heavy atom. The van der Waals surface area contributed by atoms with Crippen LogP contribution in [0, 0.1) is 0 Å². The second kappa shape index (κ2) is 11.0. The molecule has 1 aliphatic heterocycles. The van der Waals surface area contributed by atoms with Crippen molar-refractivity contribution in [1.29, 1.82) is 0 Å². The molecule has 38 heavy (non-hydrogen) atoms. The van der Waals surface area contributed by atoms with Crippen molar-refractivity contribution in [3.8, 4) is 5.75 Å². The number of nitrogens with two attached hydrogens (primary N) is 1. The molecular weight excluding hydrogens is 517 g/mol. The van der Waals surface area contributed by atoms with Crippen LogP contribution in [0.5, 0.6) is 5.75 Å². The molecule has 0 saturated carbocycles. The summed E-state index contributed by atoms with van der Waals surface area (Å²) in [6.45, 7) is 6.16.